The molecule has 8 heteroatoms. The second-order valence-corrected chi connectivity index (χ2v) is 6.77. The van der Waals surface area contributed by atoms with Gasteiger partial charge in [-0.1, -0.05) is 0 Å². The summed E-state index contributed by atoms with van der Waals surface area (Å²) in [5, 5.41) is 5.31. The SMILES string of the molecule is CCN1CCCC(NC(=O)[C@H](C)NC(=O)Cc2cc(F)cc(F)c2)CC1=O. The number of benzene rings is 1. The van der Waals surface area contributed by atoms with Crippen molar-refractivity contribution in [2.75, 3.05) is 13.1 Å². The third-order valence-electron chi connectivity index (χ3n) is 4.54. The highest BCUT2D eigenvalue weighted by molar-refractivity contribution is 5.88. The zero-order valence-electron chi connectivity index (χ0n) is 15.6. The average molecular weight is 381 g/mol. The number of halogens is 2. The van der Waals surface area contributed by atoms with Crippen LogP contribution in [0.1, 0.15) is 38.7 Å². The highest BCUT2D eigenvalue weighted by Gasteiger charge is 2.25. The van der Waals surface area contributed by atoms with E-state index in [0.717, 1.165) is 24.6 Å². The summed E-state index contributed by atoms with van der Waals surface area (Å²) >= 11 is 0. The third-order valence-corrected chi connectivity index (χ3v) is 4.54. The van der Waals surface area contributed by atoms with Crippen LogP contribution in [0.25, 0.3) is 0 Å². The summed E-state index contributed by atoms with van der Waals surface area (Å²) in [6.45, 7) is 4.76. The molecule has 1 fully saturated rings. The van der Waals surface area contributed by atoms with Gasteiger partial charge in [0.15, 0.2) is 0 Å². The van der Waals surface area contributed by atoms with Crippen LogP contribution in [0.2, 0.25) is 0 Å². The van der Waals surface area contributed by atoms with E-state index in [9.17, 15) is 23.2 Å². The molecule has 2 N–H and O–H groups in total. The first kappa shape index (κ1) is 20.8. The van der Waals surface area contributed by atoms with Crippen LogP contribution >= 0.6 is 0 Å². The largest absolute Gasteiger partial charge is 0.351 e. The maximum absolute atomic E-state index is 13.2. The zero-order chi connectivity index (χ0) is 20.0. The van der Waals surface area contributed by atoms with Gasteiger partial charge >= 0.3 is 0 Å². The van der Waals surface area contributed by atoms with Crippen molar-refractivity contribution in [2.24, 2.45) is 0 Å². The molecule has 0 radical (unpaired) electrons. The lowest BCUT2D eigenvalue weighted by molar-refractivity contribution is -0.131. The predicted molar refractivity (Wildman–Crippen MR) is 95.7 cm³/mol. The van der Waals surface area contributed by atoms with Crippen molar-refractivity contribution in [3.05, 3.63) is 35.4 Å². The van der Waals surface area contributed by atoms with Gasteiger partial charge < -0.3 is 15.5 Å². The van der Waals surface area contributed by atoms with Crippen LogP contribution in [0.4, 0.5) is 8.78 Å². The number of carbonyl (C=O) groups is 3. The summed E-state index contributed by atoms with van der Waals surface area (Å²) in [6, 6.07) is 1.79. The smallest absolute Gasteiger partial charge is 0.242 e. The number of rotatable bonds is 6. The van der Waals surface area contributed by atoms with Gasteiger partial charge in [0.2, 0.25) is 17.7 Å². The summed E-state index contributed by atoms with van der Waals surface area (Å²) in [6.07, 6.45) is 1.50. The van der Waals surface area contributed by atoms with Crippen molar-refractivity contribution in [3.8, 4) is 0 Å². The van der Waals surface area contributed by atoms with E-state index < -0.39 is 29.5 Å². The van der Waals surface area contributed by atoms with E-state index in [-0.39, 0.29) is 30.4 Å². The van der Waals surface area contributed by atoms with Crippen molar-refractivity contribution in [1.82, 2.24) is 15.5 Å². The molecule has 0 bridgehead atoms. The second-order valence-electron chi connectivity index (χ2n) is 6.77. The summed E-state index contributed by atoms with van der Waals surface area (Å²) in [5.74, 6) is -2.43. The first-order valence-electron chi connectivity index (χ1n) is 9.11. The van der Waals surface area contributed by atoms with Crippen molar-refractivity contribution in [3.63, 3.8) is 0 Å². The molecular weight excluding hydrogens is 356 g/mol. The summed E-state index contributed by atoms with van der Waals surface area (Å²) < 4.78 is 26.4. The Morgan fingerprint density at radius 3 is 2.56 bits per heavy atom. The summed E-state index contributed by atoms with van der Waals surface area (Å²) in [7, 11) is 0. The van der Waals surface area contributed by atoms with E-state index in [1.54, 1.807) is 4.90 Å². The molecule has 0 aliphatic carbocycles. The topological polar surface area (TPSA) is 78.5 Å². The molecular formula is C19H25F2N3O3. The lowest BCUT2D eigenvalue weighted by atomic mass is 10.1. The van der Waals surface area contributed by atoms with E-state index in [1.165, 1.54) is 6.92 Å². The molecule has 1 aliphatic heterocycles. The maximum Gasteiger partial charge on any atom is 0.242 e. The first-order chi connectivity index (χ1) is 12.8. The van der Waals surface area contributed by atoms with Crippen LogP contribution in [0.3, 0.4) is 0 Å². The molecule has 6 nitrogen and oxygen atoms in total. The van der Waals surface area contributed by atoms with Crippen molar-refractivity contribution < 1.29 is 23.2 Å². The maximum atomic E-state index is 13.2. The molecule has 148 valence electrons. The number of nitrogens with zero attached hydrogens (tertiary/aromatic N) is 1. The van der Waals surface area contributed by atoms with Gasteiger partial charge in [0.05, 0.1) is 6.42 Å². The number of hydrogen-bond donors (Lipinski definition) is 2. The van der Waals surface area contributed by atoms with Crippen LogP contribution in [-0.2, 0) is 20.8 Å². The second kappa shape index (κ2) is 9.43. The Morgan fingerprint density at radius 2 is 1.93 bits per heavy atom. The van der Waals surface area contributed by atoms with E-state index in [4.69, 9.17) is 0 Å². The van der Waals surface area contributed by atoms with E-state index in [0.29, 0.717) is 19.5 Å². The lowest BCUT2D eigenvalue weighted by Crippen LogP contribution is -2.49. The molecule has 1 aromatic carbocycles. The molecule has 1 unspecified atom stereocenters. The van der Waals surface area contributed by atoms with E-state index >= 15 is 0 Å². The van der Waals surface area contributed by atoms with Gasteiger partial charge in [-0.2, -0.15) is 0 Å². The van der Waals surface area contributed by atoms with Gasteiger partial charge in [-0.05, 0) is 44.4 Å². The predicted octanol–water partition coefficient (Wildman–Crippen LogP) is 1.53. The fraction of sp³-hybridized carbons (Fsp3) is 0.526. The standard InChI is InChI=1S/C19H25F2N3O3/c1-3-24-6-4-5-16(11-18(24)26)23-19(27)12(2)22-17(25)9-13-7-14(20)10-15(21)8-13/h7-8,10,12,16H,3-6,9,11H2,1-2H3,(H,22,25)(H,23,27)/t12-,16?/m0/s1. The lowest BCUT2D eigenvalue weighted by Gasteiger charge is -2.20. The van der Waals surface area contributed by atoms with Gasteiger partial charge in [-0.25, -0.2) is 8.78 Å². The number of likely N-dealkylation sites (tertiary alicyclic amines) is 1. The molecule has 27 heavy (non-hydrogen) atoms. The van der Waals surface area contributed by atoms with Crippen LogP contribution in [-0.4, -0.2) is 47.8 Å². The number of carbonyl (C=O) groups excluding carboxylic acids is 3. The van der Waals surface area contributed by atoms with Crippen LogP contribution in [0.15, 0.2) is 18.2 Å². The molecule has 1 aliphatic rings. The summed E-state index contributed by atoms with van der Waals surface area (Å²) in [5.41, 5.74) is 0.187. The molecule has 2 rings (SSSR count). The third kappa shape index (κ3) is 6.30. The first-order valence-corrected chi connectivity index (χ1v) is 9.11. The quantitative estimate of drug-likeness (QED) is 0.784. The highest BCUT2D eigenvalue weighted by Crippen LogP contribution is 2.12. The molecule has 1 aromatic rings. The fourth-order valence-electron chi connectivity index (χ4n) is 3.14. The van der Waals surface area contributed by atoms with Crippen molar-refractivity contribution >= 4 is 17.7 Å². The fourth-order valence-corrected chi connectivity index (χ4v) is 3.14. The van der Waals surface area contributed by atoms with Crippen LogP contribution in [0, 0.1) is 11.6 Å². The van der Waals surface area contributed by atoms with E-state index in [2.05, 4.69) is 10.6 Å². The zero-order valence-corrected chi connectivity index (χ0v) is 15.6. The molecule has 0 saturated carbocycles. The normalized spacial score (nSPS) is 18.6. The summed E-state index contributed by atoms with van der Waals surface area (Å²) in [4.78, 5) is 38.2. The monoisotopic (exact) mass is 381 g/mol. The van der Waals surface area contributed by atoms with Gasteiger partial charge in [-0.3, -0.25) is 14.4 Å². The Balaban J connectivity index is 1.85. The van der Waals surface area contributed by atoms with Gasteiger partial charge in [0.1, 0.15) is 17.7 Å². The van der Waals surface area contributed by atoms with Gasteiger partial charge in [0, 0.05) is 31.6 Å². The Labute approximate surface area is 157 Å². The van der Waals surface area contributed by atoms with Crippen molar-refractivity contribution in [2.45, 2.75) is 51.6 Å². The van der Waals surface area contributed by atoms with Gasteiger partial charge in [0.25, 0.3) is 0 Å². The van der Waals surface area contributed by atoms with Gasteiger partial charge in [-0.15, -0.1) is 0 Å². The molecule has 0 spiro atoms. The Morgan fingerprint density at radius 1 is 1.26 bits per heavy atom. The average Bonchev–Trinajstić information content (AvgIpc) is 2.74. The molecule has 2 atom stereocenters. The minimum Gasteiger partial charge on any atom is -0.351 e. The molecule has 3 amide bonds. The minimum absolute atomic E-state index is 0.00474. The minimum atomic E-state index is -0.823. The van der Waals surface area contributed by atoms with Crippen LogP contribution < -0.4 is 10.6 Å². The molecule has 1 saturated heterocycles. The molecule has 1 heterocycles. The Kier molecular flexibility index (Phi) is 7.27. The van der Waals surface area contributed by atoms with Crippen LogP contribution in [0.5, 0.6) is 0 Å². The number of nitrogens with one attached hydrogen (secondary N) is 2. The highest BCUT2D eigenvalue weighted by atomic mass is 19.1. The number of hydrogen-bond acceptors (Lipinski definition) is 3. The van der Waals surface area contributed by atoms with Crippen molar-refractivity contribution in [1.29, 1.82) is 0 Å². The Hall–Kier alpha value is -2.51. The Bertz CT molecular complexity index is 691. The number of amides is 3. The molecule has 0 aromatic heterocycles. The van der Waals surface area contributed by atoms with E-state index in [1.807, 2.05) is 6.92 Å².